The fourth-order valence-corrected chi connectivity index (χ4v) is 2.61. The van der Waals surface area contributed by atoms with Crippen molar-refractivity contribution in [2.75, 3.05) is 19.8 Å². The van der Waals surface area contributed by atoms with Crippen molar-refractivity contribution in [3.63, 3.8) is 0 Å². The summed E-state index contributed by atoms with van der Waals surface area (Å²) in [5.41, 5.74) is 6.91. The number of unbranched alkanes of at least 4 members (excludes halogenated alkanes) is 1. The highest BCUT2D eigenvalue weighted by Gasteiger charge is 2.22. The maximum absolute atomic E-state index is 14.5. The number of hydrogen-bond donors (Lipinski definition) is 3. The molecule has 0 bridgehead atoms. The van der Waals surface area contributed by atoms with Crippen LogP contribution < -0.4 is 10.5 Å². The van der Waals surface area contributed by atoms with Gasteiger partial charge >= 0.3 is 0 Å². The van der Waals surface area contributed by atoms with Crippen LogP contribution in [0, 0.1) is 5.82 Å². The van der Waals surface area contributed by atoms with Crippen LogP contribution in [0.2, 0.25) is 0 Å². The molecule has 5 heteroatoms. The van der Waals surface area contributed by atoms with Crippen molar-refractivity contribution in [3.05, 3.63) is 53.8 Å². The molecule has 0 saturated heterocycles. The third kappa shape index (κ3) is 5.53. The van der Waals surface area contributed by atoms with Gasteiger partial charge in [0, 0.05) is 5.56 Å². The van der Waals surface area contributed by atoms with Crippen molar-refractivity contribution in [2.45, 2.75) is 38.1 Å². The molecule has 0 saturated carbocycles. The topological polar surface area (TPSA) is 75.7 Å². The van der Waals surface area contributed by atoms with Crippen LogP contribution >= 0.6 is 0 Å². The van der Waals surface area contributed by atoms with Gasteiger partial charge in [0.25, 0.3) is 0 Å². The van der Waals surface area contributed by atoms with E-state index in [1.54, 1.807) is 6.07 Å². The Balaban J connectivity index is 2.04. The van der Waals surface area contributed by atoms with Crippen LogP contribution in [-0.4, -0.2) is 35.6 Å². The maximum Gasteiger partial charge on any atom is 0.131 e. The summed E-state index contributed by atoms with van der Waals surface area (Å²) in [6.45, 7) is 2.18. The number of halogens is 1. The summed E-state index contributed by atoms with van der Waals surface area (Å²) >= 11 is 0. The Kier molecular flexibility index (Phi) is 7.57. The summed E-state index contributed by atoms with van der Waals surface area (Å²) in [5, 5.41) is 18.5. The molecule has 0 spiro atoms. The molecule has 0 aromatic heterocycles. The van der Waals surface area contributed by atoms with E-state index in [1.807, 2.05) is 30.3 Å². The summed E-state index contributed by atoms with van der Waals surface area (Å²) in [7, 11) is 0. The number of aliphatic hydroxyl groups excluding tert-OH is 2. The van der Waals surface area contributed by atoms with Crippen LogP contribution in [0.4, 0.5) is 4.39 Å². The first kappa shape index (κ1) is 20.4. The van der Waals surface area contributed by atoms with Gasteiger partial charge in [0.2, 0.25) is 0 Å². The van der Waals surface area contributed by atoms with Crippen molar-refractivity contribution >= 4 is 0 Å². The van der Waals surface area contributed by atoms with Crippen molar-refractivity contribution in [2.24, 2.45) is 5.73 Å². The normalized spacial score (nSPS) is 11.6. The molecule has 0 aliphatic heterocycles. The number of aliphatic hydroxyl groups is 2. The molecule has 2 aromatic carbocycles. The van der Waals surface area contributed by atoms with Crippen LogP contribution in [0.5, 0.6) is 5.75 Å². The molecule has 4 nitrogen and oxygen atoms in total. The highest BCUT2D eigenvalue weighted by Crippen LogP contribution is 2.26. The summed E-state index contributed by atoms with van der Waals surface area (Å²) in [6.07, 6.45) is 2.95. The lowest BCUT2D eigenvalue weighted by Crippen LogP contribution is -2.47. The van der Waals surface area contributed by atoms with E-state index in [2.05, 4.69) is 6.92 Å². The van der Waals surface area contributed by atoms with Crippen LogP contribution in [0.1, 0.15) is 31.7 Å². The molecular weight excluding hydrogens is 333 g/mol. The Morgan fingerprint density at radius 3 is 2.35 bits per heavy atom. The van der Waals surface area contributed by atoms with E-state index in [9.17, 15) is 14.6 Å². The third-order valence-corrected chi connectivity index (χ3v) is 4.51. The molecule has 0 aliphatic rings. The van der Waals surface area contributed by atoms with Gasteiger partial charge in [0.05, 0.1) is 25.4 Å². The van der Waals surface area contributed by atoms with E-state index in [0.29, 0.717) is 25.0 Å². The van der Waals surface area contributed by atoms with Gasteiger partial charge in [-0.2, -0.15) is 0 Å². The number of aryl methyl sites for hydroxylation is 1. The molecule has 0 fully saturated rings. The van der Waals surface area contributed by atoms with E-state index >= 15 is 0 Å². The molecule has 0 unspecified atom stereocenters. The smallest absolute Gasteiger partial charge is 0.131 e. The van der Waals surface area contributed by atoms with Gasteiger partial charge in [-0.15, -0.1) is 0 Å². The zero-order valence-corrected chi connectivity index (χ0v) is 15.2. The molecule has 2 rings (SSSR count). The molecular formula is C21H28FNO3. The van der Waals surface area contributed by atoms with Crippen molar-refractivity contribution in [1.82, 2.24) is 0 Å². The van der Waals surface area contributed by atoms with Crippen LogP contribution in [-0.2, 0) is 6.42 Å². The van der Waals surface area contributed by atoms with E-state index in [1.165, 1.54) is 6.07 Å². The fraction of sp³-hybridized carbons (Fsp3) is 0.429. The largest absolute Gasteiger partial charge is 0.494 e. The quantitative estimate of drug-likeness (QED) is 0.568. The average Bonchev–Trinajstić information content (AvgIpc) is 2.67. The molecule has 26 heavy (non-hydrogen) atoms. The molecule has 0 amide bonds. The number of ether oxygens (including phenoxy) is 1. The lowest BCUT2D eigenvalue weighted by molar-refractivity contribution is 0.115. The Labute approximate surface area is 154 Å². The minimum absolute atomic E-state index is 0.308. The molecule has 0 heterocycles. The maximum atomic E-state index is 14.5. The second kappa shape index (κ2) is 9.67. The molecule has 0 radical (unpaired) electrons. The standard InChI is InChI=1S/C21H28FNO3/c1-2-3-12-26-18-7-5-17(6-8-18)19-9-4-16(13-20(19)22)10-11-21(23,14-24)15-25/h4-9,13,24-25H,2-3,10-12,14-15,23H2,1H3. The van der Waals surface area contributed by atoms with Gasteiger partial charge in [-0.05, 0) is 48.6 Å². The van der Waals surface area contributed by atoms with E-state index < -0.39 is 5.54 Å². The Bertz CT molecular complexity index is 684. The molecule has 142 valence electrons. The first-order valence-corrected chi connectivity index (χ1v) is 9.03. The SMILES string of the molecule is CCCCOc1ccc(-c2ccc(CCC(N)(CO)CO)cc2F)cc1. The van der Waals surface area contributed by atoms with Gasteiger partial charge in [0.15, 0.2) is 0 Å². The lowest BCUT2D eigenvalue weighted by atomic mass is 9.93. The number of rotatable bonds is 10. The minimum atomic E-state index is -1.04. The van der Waals surface area contributed by atoms with E-state index in [0.717, 1.165) is 29.7 Å². The first-order valence-electron chi connectivity index (χ1n) is 9.03. The van der Waals surface area contributed by atoms with E-state index in [4.69, 9.17) is 10.5 Å². The zero-order valence-electron chi connectivity index (χ0n) is 15.2. The second-order valence-electron chi connectivity index (χ2n) is 6.72. The fourth-order valence-electron chi connectivity index (χ4n) is 2.61. The van der Waals surface area contributed by atoms with Crippen LogP contribution in [0.25, 0.3) is 11.1 Å². The van der Waals surface area contributed by atoms with Crippen LogP contribution in [0.3, 0.4) is 0 Å². The number of benzene rings is 2. The summed E-state index contributed by atoms with van der Waals surface area (Å²) in [6, 6.07) is 12.5. The Hall–Kier alpha value is -1.95. The van der Waals surface area contributed by atoms with Crippen molar-refractivity contribution in [1.29, 1.82) is 0 Å². The molecule has 4 N–H and O–H groups in total. The van der Waals surface area contributed by atoms with Crippen molar-refractivity contribution in [3.8, 4) is 16.9 Å². The van der Waals surface area contributed by atoms with Gasteiger partial charge in [-0.25, -0.2) is 4.39 Å². The highest BCUT2D eigenvalue weighted by atomic mass is 19.1. The van der Waals surface area contributed by atoms with E-state index in [-0.39, 0.29) is 19.0 Å². The average molecular weight is 361 g/mol. The van der Waals surface area contributed by atoms with Gasteiger partial charge in [0.1, 0.15) is 11.6 Å². The van der Waals surface area contributed by atoms with Gasteiger partial charge in [-0.3, -0.25) is 0 Å². The second-order valence-corrected chi connectivity index (χ2v) is 6.72. The third-order valence-electron chi connectivity index (χ3n) is 4.51. The summed E-state index contributed by atoms with van der Waals surface area (Å²) in [4.78, 5) is 0. The molecule has 0 atom stereocenters. The Morgan fingerprint density at radius 2 is 1.77 bits per heavy atom. The highest BCUT2D eigenvalue weighted by molar-refractivity contribution is 5.65. The predicted octanol–water partition coefficient (Wildman–Crippen LogP) is 3.29. The Morgan fingerprint density at radius 1 is 1.08 bits per heavy atom. The lowest BCUT2D eigenvalue weighted by Gasteiger charge is -2.24. The van der Waals surface area contributed by atoms with Crippen LogP contribution in [0.15, 0.2) is 42.5 Å². The first-order chi connectivity index (χ1) is 12.5. The van der Waals surface area contributed by atoms with Crippen molar-refractivity contribution < 1.29 is 19.3 Å². The summed E-state index contributed by atoms with van der Waals surface area (Å²) in [5.74, 6) is 0.476. The number of hydrogen-bond acceptors (Lipinski definition) is 4. The zero-order chi connectivity index (χ0) is 19.0. The minimum Gasteiger partial charge on any atom is -0.494 e. The molecule has 0 aliphatic carbocycles. The molecule has 2 aromatic rings. The van der Waals surface area contributed by atoms with Gasteiger partial charge < -0.3 is 20.7 Å². The predicted molar refractivity (Wildman–Crippen MR) is 102 cm³/mol. The summed E-state index contributed by atoms with van der Waals surface area (Å²) < 4.78 is 20.1. The monoisotopic (exact) mass is 361 g/mol. The van der Waals surface area contributed by atoms with Gasteiger partial charge in [-0.1, -0.05) is 37.6 Å². The number of nitrogens with two attached hydrogens (primary N) is 1.